The summed E-state index contributed by atoms with van der Waals surface area (Å²) in [5.74, 6) is -0.0477. The van der Waals surface area contributed by atoms with Gasteiger partial charge in [-0.05, 0) is 41.3 Å². The highest BCUT2D eigenvalue weighted by Crippen LogP contribution is 2.36. The Bertz CT molecular complexity index is 626. The number of nitrogens with one attached hydrogen (secondary N) is 1. The average Bonchev–Trinajstić information content (AvgIpc) is 2.40. The lowest BCUT2D eigenvalue weighted by atomic mass is 9.87. The second-order valence-corrected chi connectivity index (χ2v) is 7.17. The fourth-order valence-corrected chi connectivity index (χ4v) is 3.27. The van der Waals surface area contributed by atoms with Gasteiger partial charge >= 0.3 is 0 Å². The molecule has 0 radical (unpaired) electrons. The molecule has 0 saturated heterocycles. The van der Waals surface area contributed by atoms with E-state index in [0.717, 1.165) is 5.69 Å². The van der Waals surface area contributed by atoms with E-state index < -0.39 is 0 Å². The minimum Gasteiger partial charge on any atom is -0.326 e. The number of amides is 1. The smallest absolute Gasteiger partial charge is 0.221 e. The number of hydrogen-bond acceptors (Lipinski definition) is 2. The highest BCUT2D eigenvalue weighted by atomic mass is 32.2. The molecule has 0 heterocycles. The number of anilines is 1. The van der Waals surface area contributed by atoms with Crippen molar-refractivity contribution in [3.63, 3.8) is 0 Å². The summed E-state index contributed by atoms with van der Waals surface area (Å²) in [5, 5.41) is 2.78. The van der Waals surface area contributed by atoms with Gasteiger partial charge < -0.3 is 5.32 Å². The molecular weight excluding hydrogens is 278 g/mol. The van der Waals surface area contributed by atoms with Crippen molar-refractivity contribution in [2.45, 2.75) is 42.9 Å². The normalized spacial score (nSPS) is 11.2. The molecule has 0 fully saturated rings. The molecule has 0 bridgehead atoms. The maximum absolute atomic E-state index is 11.0. The first kappa shape index (κ1) is 15.6. The minimum absolute atomic E-state index is 0.0477. The van der Waals surface area contributed by atoms with Gasteiger partial charge in [-0.15, -0.1) is 0 Å². The molecule has 3 heteroatoms. The molecule has 0 spiro atoms. The molecule has 110 valence electrons. The lowest BCUT2D eigenvalue weighted by Crippen LogP contribution is -2.12. The van der Waals surface area contributed by atoms with Gasteiger partial charge in [-0.25, -0.2) is 0 Å². The van der Waals surface area contributed by atoms with Crippen molar-refractivity contribution >= 4 is 23.4 Å². The van der Waals surface area contributed by atoms with E-state index in [-0.39, 0.29) is 11.3 Å². The van der Waals surface area contributed by atoms with Crippen LogP contribution in [0.3, 0.4) is 0 Å². The summed E-state index contributed by atoms with van der Waals surface area (Å²) < 4.78 is 0. The van der Waals surface area contributed by atoms with Gasteiger partial charge in [0.05, 0.1) is 0 Å². The fourth-order valence-electron chi connectivity index (χ4n) is 2.11. The van der Waals surface area contributed by atoms with E-state index in [9.17, 15) is 4.79 Å². The highest BCUT2D eigenvalue weighted by Gasteiger charge is 2.17. The second-order valence-electron chi connectivity index (χ2n) is 6.05. The molecule has 0 aliphatic rings. The highest BCUT2D eigenvalue weighted by molar-refractivity contribution is 7.99. The minimum atomic E-state index is -0.0477. The summed E-state index contributed by atoms with van der Waals surface area (Å²) >= 11 is 1.76. The van der Waals surface area contributed by atoms with Crippen LogP contribution in [0.2, 0.25) is 0 Å². The van der Waals surface area contributed by atoms with Gasteiger partial charge in [-0.2, -0.15) is 0 Å². The van der Waals surface area contributed by atoms with Gasteiger partial charge in [-0.3, -0.25) is 4.79 Å². The molecule has 2 aromatic carbocycles. The maximum Gasteiger partial charge on any atom is 0.221 e. The molecule has 1 amide bonds. The SMILES string of the molecule is CC(=O)Nc1ccc(Sc2ccccc2C(C)(C)C)cc1. The van der Waals surface area contributed by atoms with Crippen LogP contribution in [0.5, 0.6) is 0 Å². The lowest BCUT2D eigenvalue weighted by molar-refractivity contribution is -0.114. The lowest BCUT2D eigenvalue weighted by Gasteiger charge is -2.22. The Morgan fingerprint density at radius 3 is 2.19 bits per heavy atom. The van der Waals surface area contributed by atoms with Crippen molar-refractivity contribution in [1.82, 2.24) is 0 Å². The van der Waals surface area contributed by atoms with Crippen molar-refractivity contribution < 1.29 is 4.79 Å². The van der Waals surface area contributed by atoms with Crippen molar-refractivity contribution in [2.75, 3.05) is 5.32 Å². The maximum atomic E-state index is 11.0. The Hall–Kier alpha value is -1.74. The molecule has 21 heavy (non-hydrogen) atoms. The molecule has 2 rings (SSSR count). The van der Waals surface area contributed by atoms with Crippen LogP contribution >= 0.6 is 11.8 Å². The van der Waals surface area contributed by atoms with Crippen LogP contribution in [0.15, 0.2) is 58.3 Å². The topological polar surface area (TPSA) is 29.1 Å². The van der Waals surface area contributed by atoms with Crippen molar-refractivity contribution in [3.05, 3.63) is 54.1 Å². The van der Waals surface area contributed by atoms with Gasteiger partial charge in [0.2, 0.25) is 5.91 Å². The fraction of sp³-hybridized carbons (Fsp3) is 0.278. The van der Waals surface area contributed by atoms with Crippen LogP contribution in [0.1, 0.15) is 33.3 Å². The zero-order valence-corrected chi connectivity index (χ0v) is 13.8. The van der Waals surface area contributed by atoms with Gasteiger partial charge in [0.1, 0.15) is 0 Å². The number of carbonyl (C=O) groups is 1. The van der Waals surface area contributed by atoms with Crippen molar-refractivity contribution in [1.29, 1.82) is 0 Å². The number of carbonyl (C=O) groups excluding carboxylic acids is 1. The Morgan fingerprint density at radius 1 is 1.00 bits per heavy atom. The van der Waals surface area contributed by atoms with E-state index in [0.29, 0.717) is 0 Å². The molecule has 0 aliphatic carbocycles. The summed E-state index contributed by atoms with van der Waals surface area (Å²) in [6.45, 7) is 8.20. The van der Waals surface area contributed by atoms with Crippen LogP contribution in [0.25, 0.3) is 0 Å². The zero-order valence-electron chi connectivity index (χ0n) is 12.9. The largest absolute Gasteiger partial charge is 0.326 e. The quantitative estimate of drug-likeness (QED) is 0.855. The summed E-state index contributed by atoms with van der Waals surface area (Å²) in [6.07, 6.45) is 0. The van der Waals surface area contributed by atoms with E-state index >= 15 is 0 Å². The van der Waals surface area contributed by atoms with Crippen molar-refractivity contribution in [3.8, 4) is 0 Å². The van der Waals surface area contributed by atoms with Crippen LogP contribution < -0.4 is 5.32 Å². The summed E-state index contributed by atoms with van der Waals surface area (Å²) in [7, 11) is 0. The first-order valence-corrected chi connectivity index (χ1v) is 7.83. The molecule has 2 nitrogen and oxygen atoms in total. The van der Waals surface area contributed by atoms with Crippen LogP contribution in [0.4, 0.5) is 5.69 Å². The Balaban J connectivity index is 2.21. The third-order valence-electron chi connectivity index (χ3n) is 3.10. The molecule has 2 aromatic rings. The van der Waals surface area contributed by atoms with E-state index in [1.807, 2.05) is 24.3 Å². The average molecular weight is 299 g/mol. The number of benzene rings is 2. The second kappa shape index (κ2) is 6.35. The third-order valence-corrected chi connectivity index (χ3v) is 4.18. The Morgan fingerprint density at radius 2 is 1.62 bits per heavy atom. The number of hydrogen-bond donors (Lipinski definition) is 1. The first-order valence-electron chi connectivity index (χ1n) is 7.01. The van der Waals surface area contributed by atoms with Gasteiger partial charge in [0.25, 0.3) is 0 Å². The molecule has 0 saturated carbocycles. The Labute approximate surface area is 131 Å². The predicted octanol–water partition coefficient (Wildman–Crippen LogP) is 5.09. The molecule has 0 unspecified atom stereocenters. The van der Waals surface area contributed by atoms with Crippen LogP contribution in [-0.4, -0.2) is 5.91 Å². The van der Waals surface area contributed by atoms with Gasteiger partial charge in [0, 0.05) is 22.4 Å². The molecule has 0 aromatic heterocycles. The van der Waals surface area contributed by atoms with Gasteiger partial charge in [0.15, 0.2) is 0 Å². The van der Waals surface area contributed by atoms with E-state index in [4.69, 9.17) is 0 Å². The summed E-state index contributed by atoms with van der Waals surface area (Å²) in [6, 6.07) is 16.5. The molecule has 0 atom stereocenters. The van der Waals surface area contributed by atoms with E-state index in [1.54, 1.807) is 11.8 Å². The van der Waals surface area contributed by atoms with Crippen molar-refractivity contribution in [2.24, 2.45) is 0 Å². The summed E-state index contributed by atoms with van der Waals surface area (Å²) in [4.78, 5) is 13.5. The Kier molecular flexibility index (Phi) is 4.73. The van der Waals surface area contributed by atoms with Gasteiger partial charge in [-0.1, -0.05) is 50.7 Å². The third kappa shape index (κ3) is 4.36. The standard InChI is InChI=1S/C18H21NOS/c1-13(20)19-14-9-11-15(12-10-14)21-17-8-6-5-7-16(17)18(2,3)4/h5-12H,1-4H3,(H,19,20). The predicted molar refractivity (Wildman–Crippen MR) is 90.0 cm³/mol. The molecular formula is C18H21NOS. The molecule has 0 aliphatic heterocycles. The van der Waals surface area contributed by atoms with Crippen LogP contribution in [0, 0.1) is 0 Å². The monoisotopic (exact) mass is 299 g/mol. The van der Waals surface area contributed by atoms with E-state index in [2.05, 4.69) is 50.4 Å². The first-order chi connectivity index (χ1) is 9.86. The van der Waals surface area contributed by atoms with E-state index in [1.165, 1.54) is 22.3 Å². The number of rotatable bonds is 3. The van der Waals surface area contributed by atoms with Crippen LogP contribution in [-0.2, 0) is 10.2 Å². The summed E-state index contributed by atoms with van der Waals surface area (Å²) in [5.41, 5.74) is 2.30. The zero-order chi connectivity index (χ0) is 15.5. The molecule has 1 N–H and O–H groups in total.